The molecule has 1 aliphatic heterocycles. The van der Waals surface area contributed by atoms with E-state index in [2.05, 4.69) is 16.4 Å². The van der Waals surface area contributed by atoms with Crippen LogP contribution in [0.3, 0.4) is 0 Å². The molecule has 4 rings (SSSR count). The first-order chi connectivity index (χ1) is 12.6. The molecule has 26 heavy (non-hydrogen) atoms. The van der Waals surface area contributed by atoms with Crippen LogP contribution in [0.15, 0.2) is 42.5 Å². The maximum atomic E-state index is 13.4. The molecule has 1 aromatic heterocycles. The molecule has 2 heterocycles. The Kier molecular flexibility index (Phi) is 4.11. The van der Waals surface area contributed by atoms with Gasteiger partial charge in [0.15, 0.2) is 11.6 Å². The van der Waals surface area contributed by atoms with Crippen LogP contribution in [0.25, 0.3) is 10.9 Å². The number of H-pyrrole nitrogens is 1. The van der Waals surface area contributed by atoms with Gasteiger partial charge in [0.1, 0.15) is 0 Å². The van der Waals surface area contributed by atoms with Gasteiger partial charge in [-0.15, -0.1) is 0 Å². The highest BCUT2D eigenvalue weighted by atomic mass is 19.2. The van der Waals surface area contributed by atoms with Crippen molar-refractivity contribution in [3.8, 4) is 0 Å². The largest absolute Gasteiger partial charge is 0.356 e. The number of anilines is 1. The fraction of sp³-hybridized carbons (Fsp3) is 0.250. The molecule has 2 N–H and O–H groups in total. The molecule has 2 amide bonds. The van der Waals surface area contributed by atoms with E-state index in [1.165, 1.54) is 17.0 Å². The van der Waals surface area contributed by atoms with Crippen LogP contribution < -0.4 is 5.32 Å². The number of carbonyl (C=O) groups is 1. The predicted octanol–water partition coefficient (Wildman–Crippen LogP) is 4.99. The molecule has 0 aliphatic carbocycles. The monoisotopic (exact) mass is 355 g/mol. The Labute approximate surface area is 149 Å². The van der Waals surface area contributed by atoms with Gasteiger partial charge in [0, 0.05) is 34.9 Å². The highest BCUT2D eigenvalue weighted by Crippen LogP contribution is 2.36. The first-order valence-electron chi connectivity index (χ1n) is 8.70. The number of urea groups is 1. The zero-order valence-electron chi connectivity index (χ0n) is 14.4. The number of nitrogens with zero attached hydrogens (tertiary/aromatic N) is 1. The van der Waals surface area contributed by atoms with Crippen molar-refractivity contribution in [3.05, 3.63) is 65.4 Å². The summed E-state index contributed by atoms with van der Waals surface area (Å²) in [6.07, 6.45) is 1.51. The third kappa shape index (κ3) is 2.71. The number of aromatic amines is 1. The Balaban J connectivity index is 1.62. The first kappa shape index (κ1) is 16.6. The van der Waals surface area contributed by atoms with Crippen LogP contribution >= 0.6 is 0 Å². The molecule has 0 spiro atoms. The minimum absolute atomic E-state index is 0.0866. The third-order valence-electron chi connectivity index (χ3n) is 4.98. The maximum absolute atomic E-state index is 13.4. The quantitative estimate of drug-likeness (QED) is 0.669. The fourth-order valence-corrected chi connectivity index (χ4v) is 3.76. The van der Waals surface area contributed by atoms with Gasteiger partial charge in [-0.25, -0.2) is 13.6 Å². The lowest BCUT2D eigenvalue weighted by molar-refractivity contribution is 0.179. The van der Waals surface area contributed by atoms with E-state index in [1.807, 2.05) is 25.1 Å². The van der Waals surface area contributed by atoms with Gasteiger partial charge in [-0.05, 0) is 36.6 Å². The SMILES string of the molecule is CCC1c2[nH]c3ccccc3c2CCN1C(=O)Nc1ccc(F)c(F)c1. The Hall–Kier alpha value is -2.89. The lowest BCUT2D eigenvalue weighted by Crippen LogP contribution is -2.42. The molecule has 2 aromatic carbocycles. The topological polar surface area (TPSA) is 48.1 Å². The summed E-state index contributed by atoms with van der Waals surface area (Å²) >= 11 is 0. The van der Waals surface area contributed by atoms with E-state index >= 15 is 0 Å². The molecule has 0 saturated carbocycles. The van der Waals surface area contributed by atoms with Gasteiger partial charge in [0.05, 0.1) is 6.04 Å². The number of hydrogen-bond acceptors (Lipinski definition) is 1. The number of aromatic nitrogens is 1. The third-order valence-corrected chi connectivity index (χ3v) is 4.98. The molecule has 4 nitrogen and oxygen atoms in total. The number of benzene rings is 2. The van der Waals surface area contributed by atoms with Crippen LogP contribution in [-0.2, 0) is 6.42 Å². The van der Waals surface area contributed by atoms with Gasteiger partial charge in [-0.3, -0.25) is 0 Å². The van der Waals surface area contributed by atoms with Gasteiger partial charge in [0.25, 0.3) is 0 Å². The number of hydrogen-bond donors (Lipinski definition) is 2. The second kappa shape index (κ2) is 6.44. The van der Waals surface area contributed by atoms with E-state index < -0.39 is 11.6 Å². The van der Waals surface area contributed by atoms with E-state index in [-0.39, 0.29) is 17.8 Å². The summed E-state index contributed by atoms with van der Waals surface area (Å²) in [5.41, 5.74) is 3.62. The highest BCUT2D eigenvalue weighted by molar-refractivity contribution is 5.91. The first-order valence-corrected chi connectivity index (χ1v) is 8.70. The van der Waals surface area contributed by atoms with E-state index in [0.717, 1.165) is 36.2 Å². The van der Waals surface area contributed by atoms with E-state index in [4.69, 9.17) is 0 Å². The van der Waals surface area contributed by atoms with Crippen LogP contribution in [-0.4, -0.2) is 22.5 Å². The Morgan fingerprint density at radius 3 is 2.81 bits per heavy atom. The average Bonchev–Trinajstić information content (AvgIpc) is 3.02. The Morgan fingerprint density at radius 2 is 2.04 bits per heavy atom. The average molecular weight is 355 g/mol. The normalized spacial score (nSPS) is 16.6. The molecule has 0 fully saturated rings. The van der Waals surface area contributed by atoms with Gasteiger partial charge in [-0.2, -0.15) is 0 Å². The number of halogens is 2. The minimum atomic E-state index is -0.980. The summed E-state index contributed by atoms with van der Waals surface area (Å²) in [6, 6.07) is 11.1. The summed E-state index contributed by atoms with van der Waals surface area (Å²) in [5.74, 6) is -1.92. The number of rotatable bonds is 2. The molecule has 6 heteroatoms. The molecule has 0 radical (unpaired) electrons. The highest BCUT2D eigenvalue weighted by Gasteiger charge is 2.32. The maximum Gasteiger partial charge on any atom is 0.322 e. The summed E-state index contributed by atoms with van der Waals surface area (Å²) in [7, 11) is 0. The van der Waals surface area contributed by atoms with Crippen molar-refractivity contribution < 1.29 is 13.6 Å². The van der Waals surface area contributed by atoms with Crippen molar-refractivity contribution in [2.24, 2.45) is 0 Å². The van der Waals surface area contributed by atoms with Crippen LogP contribution in [0.5, 0.6) is 0 Å². The zero-order chi connectivity index (χ0) is 18.3. The zero-order valence-corrected chi connectivity index (χ0v) is 14.4. The van der Waals surface area contributed by atoms with Gasteiger partial charge in [-0.1, -0.05) is 25.1 Å². The molecule has 134 valence electrons. The number of fused-ring (bicyclic) bond motifs is 3. The summed E-state index contributed by atoms with van der Waals surface area (Å²) < 4.78 is 26.5. The van der Waals surface area contributed by atoms with Crippen molar-refractivity contribution in [3.63, 3.8) is 0 Å². The summed E-state index contributed by atoms with van der Waals surface area (Å²) in [4.78, 5) is 17.9. The van der Waals surface area contributed by atoms with Crippen molar-refractivity contribution in [2.45, 2.75) is 25.8 Å². The molecule has 3 aromatic rings. The summed E-state index contributed by atoms with van der Waals surface area (Å²) in [5, 5.41) is 3.87. The van der Waals surface area contributed by atoms with Crippen LogP contribution in [0, 0.1) is 11.6 Å². The standard InChI is InChI=1S/C20H19F2N3O/c1-2-18-19-14(13-5-3-4-6-17(13)24-19)9-10-25(18)20(26)23-12-7-8-15(21)16(22)11-12/h3-8,11,18,24H,2,9-10H2,1H3,(H,23,26). The number of para-hydroxylation sites is 1. The predicted molar refractivity (Wildman–Crippen MR) is 97.1 cm³/mol. The lowest BCUT2D eigenvalue weighted by atomic mass is 9.96. The van der Waals surface area contributed by atoms with Crippen molar-refractivity contribution >= 4 is 22.6 Å². The number of amides is 2. The van der Waals surface area contributed by atoms with Crippen LogP contribution in [0.1, 0.15) is 30.6 Å². The van der Waals surface area contributed by atoms with Crippen molar-refractivity contribution in [1.29, 1.82) is 0 Å². The molecule has 1 atom stereocenters. The van der Waals surface area contributed by atoms with E-state index in [0.29, 0.717) is 6.54 Å². The van der Waals surface area contributed by atoms with Crippen LogP contribution in [0.2, 0.25) is 0 Å². The van der Waals surface area contributed by atoms with Gasteiger partial charge in [0.2, 0.25) is 0 Å². The van der Waals surface area contributed by atoms with Gasteiger partial charge < -0.3 is 15.2 Å². The van der Waals surface area contributed by atoms with Crippen LogP contribution in [0.4, 0.5) is 19.3 Å². The Bertz CT molecular complexity index is 982. The van der Waals surface area contributed by atoms with E-state index in [1.54, 1.807) is 4.90 Å². The van der Waals surface area contributed by atoms with Crippen molar-refractivity contribution in [2.75, 3.05) is 11.9 Å². The number of carbonyl (C=O) groups excluding carboxylic acids is 1. The molecular weight excluding hydrogens is 336 g/mol. The Morgan fingerprint density at radius 1 is 1.23 bits per heavy atom. The second-order valence-corrected chi connectivity index (χ2v) is 6.49. The minimum Gasteiger partial charge on any atom is -0.356 e. The van der Waals surface area contributed by atoms with E-state index in [9.17, 15) is 13.6 Å². The fourth-order valence-electron chi connectivity index (χ4n) is 3.76. The molecule has 0 bridgehead atoms. The molecule has 1 aliphatic rings. The molecule has 0 saturated heterocycles. The second-order valence-electron chi connectivity index (χ2n) is 6.49. The van der Waals surface area contributed by atoms with Crippen molar-refractivity contribution in [1.82, 2.24) is 9.88 Å². The summed E-state index contributed by atoms with van der Waals surface area (Å²) in [6.45, 7) is 2.60. The lowest BCUT2D eigenvalue weighted by Gasteiger charge is -2.35. The molecule has 1 unspecified atom stereocenters. The molecular formula is C20H19F2N3O. The van der Waals surface area contributed by atoms with Gasteiger partial charge >= 0.3 is 6.03 Å². The smallest absolute Gasteiger partial charge is 0.322 e. The number of nitrogens with one attached hydrogen (secondary N) is 2.